The molecule has 0 aromatic heterocycles. The fraction of sp³-hybridized carbons (Fsp3) is 0.474. The maximum absolute atomic E-state index is 2.26. The second-order valence-corrected chi connectivity index (χ2v) is 5.12. The Morgan fingerprint density at radius 1 is 0.800 bits per heavy atom. The van der Waals surface area contributed by atoms with Gasteiger partial charge < -0.3 is 0 Å². The van der Waals surface area contributed by atoms with Crippen LogP contribution in [0, 0.1) is 0 Å². The van der Waals surface area contributed by atoms with Crippen molar-refractivity contribution in [3.05, 3.63) is 59.2 Å². The van der Waals surface area contributed by atoms with Gasteiger partial charge in [0.1, 0.15) is 0 Å². The van der Waals surface area contributed by atoms with Crippen LogP contribution in [0.2, 0.25) is 0 Å². The van der Waals surface area contributed by atoms with Crippen molar-refractivity contribution in [2.75, 3.05) is 0 Å². The van der Waals surface area contributed by atoms with Crippen LogP contribution in [0.3, 0.4) is 0 Å². The first-order valence-corrected chi connectivity index (χ1v) is 7.75. The van der Waals surface area contributed by atoms with Crippen LogP contribution < -0.4 is 0 Å². The third-order valence-corrected chi connectivity index (χ3v) is 3.32. The van der Waals surface area contributed by atoms with Gasteiger partial charge in [-0.2, -0.15) is 41.0 Å². The average Bonchev–Trinajstić information content (AvgIpc) is 3.04. The van der Waals surface area contributed by atoms with Gasteiger partial charge in [0.25, 0.3) is 0 Å². The second-order valence-electron chi connectivity index (χ2n) is 5.12. The minimum Gasteiger partial charge on any atom is -0.213 e. The molecule has 0 amide bonds. The van der Waals surface area contributed by atoms with E-state index in [4.69, 9.17) is 0 Å². The molecule has 0 spiro atoms. The molecule has 0 fully saturated rings. The summed E-state index contributed by atoms with van der Waals surface area (Å²) in [5, 5.41) is 0. The van der Waals surface area contributed by atoms with Gasteiger partial charge in [-0.1, -0.05) is 59.3 Å². The number of hydrogen-bond donors (Lipinski definition) is 0. The topological polar surface area (TPSA) is 0 Å². The largest absolute Gasteiger partial charge is 2.00 e. The molecule has 112 valence electrons. The van der Waals surface area contributed by atoms with Crippen molar-refractivity contribution in [2.45, 2.75) is 59.3 Å². The van der Waals surface area contributed by atoms with E-state index in [2.05, 4.69) is 63.2 Å². The molecule has 0 aliphatic heterocycles. The molecule has 0 saturated carbocycles. The molecule has 0 aliphatic carbocycles. The Morgan fingerprint density at radius 2 is 1.50 bits per heavy atom. The smallest absolute Gasteiger partial charge is 0.213 e. The van der Waals surface area contributed by atoms with Gasteiger partial charge in [0, 0.05) is 0 Å². The van der Waals surface area contributed by atoms with E-state index in [0.29, 0.717) is 0 Å². The van der Waals surface area contributed by atoms with Gasteiger partial charge in [-0.3, -0.25) is 0 Å². The molecule has 2 aromatic carbocycles. The van der Waals surface area contributed by atoms with E-state index in [-0.39, 0.29) is 17.1 Å². The molecule has 0 atom stereocenters. The standard InChI is InChI=1S/C11H17.C8H11.Fe/c1-3-6-10-8-5-9-11(10)7-4-2;1-2-5-8-6-3-4-7-8;/h5,8-9H,3-4,6-7H2,1-2H3;3-4,6-7H,2,5H2,1H3;/q2*-1;+2. The minimum absolute atomic E-state index is 0. The van der Waals surface area contributed by atoms with Crippen molar-refractivity contribution in [3.63, 3.8) is 0 Å². The third-order valence-electron chi connectivity index (χ3n) is 3.32. The Kier molecular flexibility index (Phi) is 11.5. The molecule has 0 bridgehead atoms. The summed E-state index contributed by atoms with van der Waals surface area (Å²) in [6, 6.07) is 15.2. The zero-order valence-corrected chi connectivity index (χ0v) is 14.2. The molecule has 1 heteroatoms. The van der Waals surface area contributed by atoms with Crippen LogP contribution in [-0.4, -0.2) is 0 Å². The van der Waals surface area contributed by atoms with Crippen LogP contribution in [0.25, 0.3) is 0 Å². The summed E-state index contributed by atoms with van der Waals surface area (Å²) in [7, 11) is 0. The summed E-state index contributed by atoms with van der Waals surface area (Å²) in [6.07, 6.45) is 7.52. The van der Waals surface area contributed by atoms with Crippen molar-refractivity contribution < 1.29 is 17.1 Å². The summed E-state index contributed by atoms with van der Waals surface area (Å²) in [4.78, 5) is 0. The average molecular weight is 312 g/mol. The summed E-state index contributed by atoms with van der Waals surface area (Å²) in [5.74, 6) is 0. The molecule has 2 aromatic rings. The first kappa shape index (κ1) is 19.2. The second kappa shape index (κ2) is 12.0. The maximum Gasteiger partial charge on any atom is 2.00 e. The third kappa shape index (κ3) is 7.12. The Labute approximate surface area is 135 Å². The zero-order chi connectivity index (χ0) is 13.9. The Hall–Kier alpha value is -0.781. The van der Waals surface area contributed by atoms with E-state index in [1.807, 2.05) is 0 Å². The first-order chi connectivity index (χ1) is 9.31. The fourth-order valence-electron chi connectivity index (χ4n) is 2.39. The Bertz CT molecular complexity index is 388. The molecule has 0 radical (unpaired) electrons. The molecular formula is C19H28Fe. The molecule has 0 aliphatic rings. The van der Waals surface area contributed by atoms with Crippen LogP contribution in [0.1, 0.15) is 56.7 Å². The van der Waals surface area contributed by atoms with Crippen molar-refractivity contribution in [1.82, 2.24) is 0 Å². The van der Waals surface area contributed by atoms with Gasteiger partial charge in [0.05, 0.1) is 0 Å². The van der Waals surface area contributed by atoms with Crippen molar-refractivity contribution >= 4 is 0 Å². The molecular weight excluding hydrogens is 284 g/mol. The van der Waals surface area contributed by atoms with Gasteiger partial charge in [-0.25, -0.2) is 18.2 Å². The molecule has 2 rings (SSSR count). The Morgan fingerprint density at radius 3 is 2.05 bits per heavy atom. The minimum atomic E-state index is 0. The van der Waals surface area contributed by atoms with E-state index >= 15 is 0 Å². The van der Waals surface area contributed by atoms with Crippen molar-refractivity contribution in [3.8, 4) is 0 Å². The quantitative estimate of drug-likeness (QED) is 0.476. The van der Waals surface area contributed by atoms with Crippen LogP contribution in [0.15, 0.2) is 42.5 Å². The normalized spacial score (nSPS) is 9.55. The van der Waals surface area contributed by atoms with Crippen LogP contribution in [-0.2, 0) is 36.3 Å². The monoisotopic (exact) mass is 312 g/mol. The maximum atomic E-state index is 2.26. The summed E-state index contributed by atoms with van der Waals surface area (Å²) in [5.41, 5.74) is 4.59. The van der Waals surface area contributed by atoms with Crippen LogP contribution >= 0.6 is 0 Å². The van der Waals surface area contributed by atoms with Gasteiger partial charge in [-0.05, 0) is 0 Å². The van der Waals surface area contributed by atoms with E-state index in [9.17, 15) is 0 Å². The van der Waals surface area contributed by atoms with E-state index in [1.54, 1.807) is 11.1 Å². The fourth-order valence-corrected chi connectivity index (χ4v) is 2.39. The summed E-state index contributed by atoms with van der Waals surface area (Å²) < 4.78 is 0. The van der Waals surface area contributed by atoms with Gasteiger partial charge in [0.2, 0.25) is 0 Å². The van der Waals surface area contributed by atoms with Crippen molar-refractivity contribution in [2.24, 2.45) is 0 Å². The molecule has 0 unspecified atom stereocenters. The SMILES string of the molecule is CCCc1cc[cH-]c1CCC.CCCc1ccc[cH-]1.[Fe+2]. The molecule has 0 heterocycles. The van der Waals surface area contributed by atoms with Gasteiger partial charge >= 0.3 is 17.1 Å². The predicted molar refractivity (Wildman–Crippen MR) is 86.1 cm³/mol. The Balaban J connectivity index is 0.000000359. The molecule has 0 N–H and O–H groups in total. The number of aryl methyl sites for hydroxylation is 3. The molecule has 0 nitrogen and oxygen atoms in total. The number of hydrogen-bond acceptors (Lipinski definition) is 0. The van der Waals surface area contributed by atoms with E-state index in [1.165, 1.54) is 44.1 Å². The van der Waals surface area contributed by atoms with Crippen LogP contribution in [0.4, 0.5) is 0 Å². The van der Waals surface area contributed by atoms with Gasteiger partial charge in [0.15, 0.2) is 0 Å². The van der Waals surface area contributed by atoms with Crippen LogP contribution in [0.5, 0.6) is 0 Å². The van der Waals surface area contributed by atoms with E-state index in [0.717, 1.165) is 0 Å². The molecule has 0 saturated heterocycles. The number of rotatable bonds is 6. The van der Waals surface area contributed by atoms with Gasteiger partial charge in [-0.15, -0.1) is 0 Å². The van der Waals surface area contributed by atoms with E-state index < -0.39 is 0 Å². The van der Waals surface area contributed by atoms with Crippen molar-refractivity contribution in [1.29, 1.82) is 0 Å². The zero-order valence-electron chi connectivity index (χ0n) is 13.1. The summed E-state index contributed by atoms with van der Waals surface area (Å²) in [6.45, 7) is 6.68. The first-order valence-electron chi connectivity index (χ1n) is 7.75. The molecule has 20 heavy (non-hydrogen) atoms. The summed E-state index contributed by atoms with van der Waals surface area (Å²) >= 11 is 0. The predicted octanol–water partition coefficient (Wildman–Crippen LogP) is 5.67.